The first-order valence-corrected chi connectivity index (χ1v) is 11.4. The number of halogens is 1. The van der Waals surface area contributed by atoms with Crippen molar-refractivity contribution in [3.63, 3.8) is 0 Å². The number of benzene rings is 2. The Balaban J connectivity index is 0.00000480. The van der Waals surface area contributed by atoms with Crippen LogP contribution in [0, 0.1) is 6.92 Å². The van der Waals surface area contributed by atoms with Gasteiger partial charge in [-0.25, -0.2) is 17.7 Å². The van der Waals surface area contributed by atoms with E-state index in [1.807, 2.05) is 19.1 Å². The molecule has 2 aromatic rings. The lowest BCUT2D eigenvalue weighted by molar-refractivity contribution is 0.409. The van der Waals surface area contributed by atoms with Gasteiger partial charge in [0.2, 0.25) is 10.0 Å². The molecule has 0 aliphatic carbocycles. The van der Waals surface area contributed by atoms with Gasteiger partial charge in [-0.15, -0.1) is 24.0 Å². The Hall–Kier alpha value is -1.85. The standard InChI is InChI=1S/C22H32N4O3S.HI/c1-6-23-22(24-14-13-19-15-17(2)7-12-21(19)29-5)25-16-18-8-10-20(11-9-18)30(27,28)26(3)4;/h7-12,15H,6,13-14,16H2,1-5H3,(H2,23,24,25);1H. The van der Waals surface area contributed by atoms with E-state index in [9.17, 15) is 8.42 Å². The van der Waals surface area contributed by atoms with E-state index in [2.05, 4.69) is 28.6 Å². The summed E-state index contributed by atoms with van der Waals surface area (Å²) >= 11 is 0. The average molecular weight is 561 g/mol. The summed E-state index contributed by atoms with van der Waals surface area (Å²) in [7, 11) is 1.31. The van der Waals surface area contributed by atoms with Crippen molar-refractivity contribution in [2.24, 2.45) is 4.99 Å². The molecule has 0 aromatic heterocycles. The molecule has 0 atom stereocenters. The van der Waals surface area contributed by atoms with Crippen molar-refractivity contribution in [2.75, 3.05) is 34.3 Å². The highest BCUT2D eigenvalue weighted by atomic mass is 127. The third-order valence-electron chi connectivity index (χ3n) is 4.59. The van der Waals surface area contributed by atoms with E-state index >= 15 is 0 Å². The molecule has 0 fully saturated rings. The van der Waals surface area contributed by atoms with E-state index in [0.29, 0.717) is 19.0 Å². The van der Waals surface area contributed by atoms with Gasteiger partial charge in [0, 0.05) is 27.2 Å². The van der Waals surface area contributed by atoms with Crippen molar-refractivity contribution in [1.82, 2.24) is 14.9 Å². The fourth-order valence-corrected chi connectivity index (χ4v) is 3.81. The maximum atomic E-state index is 12.2. The Kier molecular flexibility index (Phi) is 11.3. The van der Waals surface area contributed by atoms with Gasteiger partial charge in [-0.3, -0.25) is 0 Å². The minimum atomic E-state index is -3.42. The first kappa shape index (κ1) is 27.2. The molecule has 0 unspecified atom stereocenters. The van der Waals surface area contributed by atoms with E-state index in [1.54, 1.807) is 31.4 Å². The molecule has 7 nitrogen and oxygen atoms in total. The zero-order chi connectivity index (χ0) is 22.1. The van der Waals surface area contributed by atoms with Gasteiger partial charge in [0.1, 0.15) is 5.75 Å². The molecule has 2 aromatic carbocycles. The first-order chi connectivity index (χ1) is 14.3. The summed E-state index contributed by atoms with van der Waals surface area (Å²) in [5.74, 6) is 1.60. The van der Waals surface area contributed by atoms with Crippen molar-refractivity contribution in [2.45, 2.75) is 31.7 Å². The van der Waals surface area contributed by atoms with Crippen molar-refractivity contribution in [3.8, 4) is 5.75 Å². The van der Waals surface area contributed by atoms with Crippen molar-refractivity contribution in [3.05, 3.63) is 59.2 Å². The van der Waals surface area contributed by atoms with Crippen LogP contribution >= 0.6 is 24.0 Å². The number of sulfonamides is 1. The number of methoxy groups -OCH3 is 1. The summed E-state index contributed by atoms with van der Waals surface area (Å²) in [4.78, 5) is 4.88. The number of aryl methyl sites for hydroxylation is 1. The van der Waals surface area contributed by atoms with Crippen molar-refractivity contribution in [1.29, 1.82) is 0 Å². The predicted molar refractivity (Wildman–Crippen MR) is 137 cm³/mol. The van der Waals surface area contributed by atoms with Gasteiger partial charge < -0.3 is 15.4 Å². The van der Waals surface area contributed by atoms with E-state index < -0.39 is 10.0 Å². The van der Waals surface area contributed by atoms with Gasteiger partial charge in [-0.1, -0.05) is 29.8 Å². The van der Waals surface area contributed by atoms with Crippen LogP contribution < -0.4 is 15.4 Å². The Bertz CT molecular complexity index is 961. The monoisotopic (exact) mass is 560 g/mol. The molecule has 0 aliphatic heterocycles. The molecule has 0 spiro atoms. The van der Waals surface area contributed by atoms with E-state index in [-0.39, 0.29) is 28.9 Å². The summed E-state index contributed by atoms with van der Waals surface area (Å²) in [6.45, 7) is 6.00. The Morgan fingerprint density at radius 3 is 2.35 bits per heavy atom. The lowest BCUT2D eigenvalue weighted by Crippen LogP contribution is -2.38. The quantitative estimate of drug-likeness (QED) is 0.280. The third kappa shape index (κ3) is 7.97. The predicted octanol–water partition coefficient (Wildman–Crippen LogP) is 3.17. The molecular weight excluding hydrogens is 527 g/mol. The van der Waals surface area contributed by atoms with Crippen molar-refractivity contribution < 1.29 is 13.2 Å². The molecule has 0 amide bonds. The largest absolute Gasteiger partial charge is 0.496 e. The second-order valence-electron chi connectivity index (χ2n) is 7.12. The molecule has 9 heteroatoms. The molecule has 2 N–H and O–H groups in total. The molecular formula is C22H33IN4O3S. The number of nitrogens with zero attached hydrogens (tertiary/aromatic N) is 2. The number of ether oxygens (including phenoxy) is 1. The zero-order valence-electron chi connectivity index (χ0n) is 18.8. The Labute approximate surface area is 203 Å². The van der Waals surface area contributed by atoms with Crippen LogP contribution in [0.2, 0.25) is 0 Å². The van der Waals surface area contributed by atoms with Gasteiger partial charge in [-0.05, 0) is 49.6 Å². The first-order valence-electron chi connectivity index (χ1n) is 9.95. The van der Waals surface area contributed by atoms with Crippen LogP contribution in [0.3, 0.4) is 0 Å². The van der Waals surface area contributed by atoms with Gasteiger partial charge in [-0.2, -0.15) is 0 Å². The van der Waals surface area contributed by atoms with Crippen LogP contribution in [0.4, 0.5) is 0 Å². The summed E-state index contributed by atoms with van der Waals surface area (Å²) in [5.41, 5.74) is 3.29. The fraction of sp³-hybridized carbons (Fsp3) is 0.409. The number of guanidine groups is 1. The molecule has 172 valence electrons. The summed E-state index contributed by atoms with van der Waals surface area (Å²) in [6, 6.07) is 13.0. The smallest absolute Gasteiger partial charge is 0.242 e. The molecule has 2 rings (SSSR count). The van der Waals surface area contributed by atoms with Crippen LogP contribution in [0.1, 0.15) is 23.6 Å². The van der Waals surface area contributed by atoms with E-state index in [0.717, 1.165) is 29.8 Å². The maximum absolute atomic E-state index is 12.2. The van der Waals surface area contributed by atoms with Crippen LogP contribution in [0.25, 0.3) is 0 Å². The van der Waals surface area contributed by atoms with Crippen LogP contribution in [-0.4, -0.2) is 53.0 Å². The Morgan fingerprint density at radius 2 is 1.77 bits per heavy atom. The second-order valence-corrected chi connectivity index (χ2v) is 9.27. The molecule has 0 bridgehead atoms. The molecule has 0 heterocycles. The van der Waals surface area contributed by atoms with Gasteiger partial charge in [0.15, 0.2) is 5.96 Å². The molecule has 0 radical (unpaired) electrons. The zero-order valence-corrected chi connectivity index (χ0v) is 22.0. The normalized spacial score (nSPS) is 11.7. The maximum Gasteiger partial charge on any atom is 0.242 e. The highest BCUT2D eigenvalue weighted by Crippen LogP contribution is 2.19. The average Bonchev–Trinajstić information content (AvgIpc) is 2.72. The van der Waals surface area contributed by atoms with Gasteiger partial charge in [0.25, 0.3) is 0 Å². The summed E-state index contributed by atoms with van der Waals surface area (Å²) in [5, 5.41) is 6.58. The molecule has 31 heavy (non-hydrogen) atoms. The van der Waals surface area contributed by atoms with Crippen LogP contribution in [0.15, 0.2) is 52.4 Å². The second kappa shape index (κ2) is 12.9. The fourth-order valence-electron chi connectivity index (χ4n) is 2.91. The minimum Gasteiger partial charge on any atom is -0.496 e. The van der Waals surface area contributed by atoms with Gasteiger partial charge >= 0.3 is 0 Å². The number of hydrogen-bond acceptors (Lipinski definition) is 4. The highest BCUT2D eigenvalue weighted by molar-refractivity contribution is 14.0. The highest BCUT2D eigenvalue weighted by Gasteiger charge is 2.16. The molecule has 0 saturated heterocycles. The number of hydrogen-bond donors (Lipinski definition) is 2. The minimum absolute atomic E-state index is 0. The van der Waals surface area contributed by atoms with Gasteiger partial charge in [0.05, 0.1) is 18.6 Å². The summed E-state index contributed by atoms with van der Waals surface area (Å²) < 4.78 is 31.0. The van der Waals surface area contributed by atoms with E-state index in [1.165, 1.54) is 24.0 Å². The number of nitrogens with one attached hydrogen (secondary N) is 2. The lowest BCUT2D eigenvalue weighted by atomic mass is 10.1. The van der Waals surface area contributed by atoms with E-state index in [4.69, 9.17) is 4.74 Å². The van der Waals surface area contributed by atoms with Crippen LogP contribution in [0.5, 0.6) is 5.75 Å². The van der Waals surface area contributed by atoms with Crippen molar-refractivity contribution >= 4 is 40.0 Å². The SMILES string of the molecule is CCNC(=NCc1ccc(S(=O)(=O)N(C)C)cc1)NCCc1cc(C)ccc1OC.I. The molecule has 0 aliphatic rings. The summed E-state index contributed by atoms with van der Waals surface area (Å²) in [6.07, 6.45) is 0.812. The number of rotatable bonds is 9. The topological polar surface area (TPSA) is 83.0 Å². The Morgan fingerprint density at radius 1 is 1.10 bits per heavy atom. The molecule has 0 saturated carbocycles. The number of aliphatic imine (C=N–C) groups is 1. The lowest BCUT2D eigenvalue weighted by Gasteiger charge is -2.14. The third-order valence-corrected chi connectivity index (χ3v) is 6.42. The van der Waals surface area contributed by atoms with Crippen LogP contribution in [-0.2, 0) is 23.0 Å².